The minimum atomic E-state index is -0.786. The molecule has 3 aromatic heterocycles. The van der Waals surface area contributed by atoms with Gasteiger partial charge in [0.1, 0.15) is 12.4 Å². The van der Waals surface area contributed by atoms with Gasteiger partial charge in [-0.05, 0) is 41.8 Å². The number of carbonyl (C=O) groups is 2. The van der Waals surface area contributed by atoms with Crippen LogP contribution in [-0.4, -0.2) is 33.8 Å². The zero-order valence-electron chi connectivity index (χ0n) is 15.6. The lowest BCUT2D eigenvalue weighted by atomic mass is 10.2. The second-order valence-electron chi connectivity index (χ2n) is 5.97. The van der Waals surface area contributed by atoms with Crippen molar-refractivity contribution >= 4 is 23.3 Å². The third-order valence-corrected chi connectivity index (χ3v) is 4.94. The average Bonchev–Trinajstić information content (AvgIpc) is 3.52. The van der Waals surface area contributed by atoms with E-state index in [-0.39, 0.29) is 18.2 Å². The second kappa shape index (κ2) is 8.29. The van der Waals surface area contributed by atoms with Gasteiger partial charge in [-0.3, -0.25) is 0 Å². The first-order valence-corrected chi connectivity index (χ1v) is 9.53. The van der Waals surface area contributed by atoms with Crippen LogP contribution in [0.1, 0.15) is 26.7 Å². The standard InChI is InChI=1S/C20H14FN3O5S/c1-27-19(25)16-12(8-9-28-16)11-29-20(26)17-22-18(15-3-2-10-30-15)24(23-17)14-6-4-13(21)5-7-14/h2-10H,11H2,1H3. The van der Waals surface area contributed by atoms with Gasteiger partial charge in [-0.25, -0.2) is 18.7 Å². The maximum atomic E-state index is 13.3. The SMILES string of the molecule is COC(=O)c1occc1COC(=O)c1nc(-c2cccs2)n(-c2ccc(F)cc2)n1. The van der Waals surface area contributed by atoms with Crippen LogP contribution in [0.4, 0.5) is 4.39 Å². The molecule has 0 fully saturated rings. The van der Waals surface area contributed by atoms with E-state index in [0.29, 0.717) is 17.1 Å². The number of benzene rings is 1. The Morgan fingerprint density at radius 1 is 1.17 bits per heavy atom. The highest BCUT2D eigenvalue weighted by Gasteiger charge is 2.22. The lowest BCUT2D eigenvalue weighted by Gasteiger charge is -2.04. The first-order valence-electron chi connectivity index (χ1n) is 8.65. The summed E-state index contributed by atoms with van der Waals surface area (Å²) in [5.74, 6) is -1.66. The van der Waals surface area contributed by atoms with E-state index < -0.39 is 17.8 Å². The lowest BCUT2D eigenvalue weighted by Crippen LogP contribution is -2.10. The number of ether oxygens (including phenoxy) is 2. The van der Waals surface area contributed by atoms with Gasteiger partial charge in [-0.1, -0.05) is 6.07 Å². The van der Waals surface area contributed by atoms with E-state index in [1.54, 1.807) is 0 Å². The van der Waals surface area contributed by atoms with Crippen molar-refractivity contribution in [2.75, 3.05) is 7.11 Å². The molecule has 8 nitrogen and oxygen atoms in total. The zero-order chi connectivity index (χ0) is 21.1. The molecule has 0 N–H and O–H groups in total. The maximum Gasteiger partial charge on any atom is 0.378 e. The van der Waals surface area contributed by atoms with Crippen LogP contribution in [0.5, 0.6) is 0 Å². The molecule has 0 spiro atoms. The van der Waals surface area contributed by atoms with Crippen molar-refractivity contribution in [2.24, 2.45) is 0 Å². The number of carbonyl (C=O) groups excluding carboxylic acids is 2. The fourth-order valence-electron chi connectivity index (χ4n) is 2.66. The number of esters is 2. The predicted molar refractivity (Wildman–Crippen MR) is 104 cm³/mol. The molecule has 0 radical (unpaired) electrons. The molecule has 3 heterocycles. The van der Waals surface area contributed by atoms with E-state index in [4.69, 9.17) is 9.15 Å². The van der Waals surface area contributed by atoms with E-state index in [1.165, 1.54) is 59.7 Å². The monoisotopic (exact) mass is 427 g/mol. The molecule has 0 saturated heterocycles. The number of aromatic nitrogens is 3. The highest BCUT2D eigenvalue weighted by atomic mass is 32.1. The van der Waals surface area contributed by atoms with Crippen molar-refractivity contribution in [1.29, 1.82) is 0 Å². The molecule has 0 unspecified atom stereocenters. The normalized spacial score (nSPS) is 10.7. The van der Waals surface area contributed by atoms with Gasteiger partial charge in [0.05, 0.1) is 23.9 Å². The Kier molecular flexibility index (Phi) is 5.40. The van der Waals surface area contributed by atoms with Crippen LogP contribution in [-0.2, 0) is 16.1 Å². The van der Waals surface area contributed by atoms with Crippen molar-refractivity contribution < 1.29 is 27.9 Å². The Bertz CT molecular complexity index is 1180. The van der Waals surface area contributed by atoms with Crippen molar-refractivity contribution in [3.05, 3.63) is 77.1 Å². The molecule has 30 heavy (non-hydrogen) atoms. The fraction of sp³-hybridized carbons (Fsp3) is 0.100. The molecular weight excluding hydrogens is 413 g/mol. The fourth-order valence-corrected chi connectivity index (χ4v) is 3.35. The summed E-state index contributed by atoms with van der Waals surface area (Å²) in [6.07, 6.45) is 1.30. The second-order valence-corrected chi connectivity index (χ2v) is 6.91. The van der Waals surface area contributed by atoms with Crippen LogP contribution in [0.25, 0.3) is 16.4 Å². The summed E-state index contributed by atoms with van der Waals surface area (Å²) in [6.45, 7) is -0.223. The van der Waals surface area contributed by atoms with Gasteiger partial charge in [0.2, 0.25) is 5.76 Å². The number of nitrogens with zero attached hydrogens (tertiary/aromatic N) is 3. The van der Waals surface area contributed by atoms with Gasteiger partial charge in [0, 0.05) is 5.56 Å². The maximum absolute atomic E-state index is 13.3. The van der Waals surface area contributed by atoms with Crippen LogP contribution in [0.3, 0.4) is 0 Å². The van der Waals surface area contributed by atoms with Crippen LogP contribution in [0.15, 0.2) is 58.5 Å². The smallest absolute Gasteiger partial charge is 0.378 e. The number of furan rings is 1. The minimum Gasteiger partial charge on any atom is -0.463 e. The highest BCUT2D eigenvalue weighted by molar-refractivity contribution is 7.13. The van der Waals surface area contributed by atoms with Gasteiger partial charge in [0.15, 0.2) is 5.82 Å². The molecule has 4 aromatic rings. The molecule has 1 aromatic carbocycles. The van der Waals surface area contributed by atoms with Gasteiger partial charge in [0.25, 0.3) is 5.82 Å². The summed E-state index contributed by atoms with van der Waals surface area (Å²) >= 11 is 1.42. The largest absolute Gasteiger partial charge is 0.463 e. The first-order chi connectivity index (χ1) is 14.6. The first kappa shape index (κ1) is 19.5. The number of hydrogen-bond acceptors (Lipinski definition) is 8. The van der Waals surface area contributed by atoms with Crippen molar-refractivity contribution in [2.45, 2.75) is 6.61 Å². The Labute approximate surface area is 173 Å². The van der Waals surface area contributed by atoms with Gasteiger partial charge >= 0.3 is 11.9 Å². The van der Waals surface area contributed by atoms with E-state index >= 15 is 0 Å². The van der Waals surface area contributed by atoms with E-state index in [1.807, 2.05) is 17.5 Å². The Morgan fingerprint density at radius 2 is 1.97 bits per heavy atom. The quantitative estimate of drug-likeness (QED) is 0.431. The zero-order valence-corrected chi connectivity index (χ0v) is 16.4. The van der Waals surface area contributed by atoms with Gasteiger partial charge < -0.3 is 13.9 Å². The van der Waals surface area contributed by atoms with Crippen LogP contribution < -0.4 is 0 Å². The number of halogens is 1. The molecule has 0 saturated carbocycles. The number of rotatable bonds is 6. The van der Waals surface area contributed by atoms with Crippen molar-refractivity contribution in [1.82, 2.24) is 14.8 Å². The van der Waals surface area contributed by atoms with E-state index in [0.717, 1.165) is 4.88 Å². The number of thiophene rings is 1. The Morgan fingerprint density at radius 3 is 2.67 bits per heavy atom. The molecule has 0 atom stereocenters. The summed E-state index contributed by atoms with van der Waals surface area (Å²) in [7, 11) is 1.22. The molecular formula is C20H14FN3O5S. The molecule has 0 bridgehead atoms. The summed E-state index contributed by atoms with van der Waals surface area (Å²) in [6, 6.07) is 10.8. The summed E-state index contributed by atoms with van der Waals surface area (Å²) in [5, 5.41) is 6.11. The molecule has 10 heteroatoms. The van der Waals surface area contributed by atoms with E-state index in [9.17, 15) is 14.0 Å². The highest BCUT2D eigenvalue weighted by Crippen LogP contribution is 2.26. The molecule has 0 amide bonds. The van der Waals surface area contributed by atoms with Crippen molar-refractivity contribution in [3.63, 3.8) is 0 Å². The van der Waals surface area contributed by atoms with E-state index in [2.05, 4.69) is 14.8 Å². The summed E-state index contributed by atoms with van der Waals surface area (Å²) in [4.78, 5) is 29.3. The predicted octanol–water partition coefficient (Wildman–Crippen LogP) is 3.87. The molecule has 0 aliphatic heterocycles. The number of methoxy groups -OCH3 is 1. The summed E-state index contributed by atoms with van der Waals surface area (Å²) < 4.78 is 29.7. The average molecular weight is 427 g/mol. The van der Waals surface area contributed by atoms with Crippen molar-refractivity contribution in [3.8, 4) is 16.4 Å². The number of hydrogen-bond donors (Lipinski definition) is 0. The third-order valence-electron chi connectivity index (χ3n) is 4.08. The molecule has 4 rings (SSSR count). The third kappa shape index (κ3) is 3.85. The molecule has 0 aliphatic rings. The Balaban J connectivity index is 1.61. The van der Waals surface area contributed by atoms with Crippen LogP contribution in [0.2, 0.25) is 0 Å². The molecule has 152 valence electrons. The topological polar surface area (TPSA) is 96.5 Å². The van der Waals surface area contributed by atoms with Crippen LogP contribution in [0, 0.1) is 5.82 Å². The van der Waals surface area contributed by atoms with Crippen LogP contribution >= 0.6 is 11.3 Å². The van der Waals surface area contributed by atoms with Gasteiger partial charge in [-0.15, -0.1) is 16.4 Å². The van der Waals surface area contributed by atoms with Gasteiger partial charge in [-0.2, -0.15) is 4.98 Å². The summed E-state index contributed by atoms with van der Waals surface area (Å²) in [5.41, 5.74) is 0.890. The minimum absolute atomic E-state index is 0.0469. The molecule has 0 aliphatic carbocycles. The lowest BCUT2D eigenvalue weighted by molar-refractivity contribution is 0.0441. The Hall–Kier alpha value is -3.79.